The van der Waals surface area contributed by atoms with Gasteiger partial charge in [-0.15, -0.1) is 0 Å². The van der Waals surface area contributed by atoms with Gasteiger partial charge in [0.05, 0.1) is 16.4 Å². The fourth-order valence-electron chi connectivity index (χ4n) is 4.24. The first-order chi connectivity index (χ1) is 18.5. The summed E-state index contributed by atoms with van der Waals surface area (Å²) in [6.07, 6.45) is 0. The number of rotatable bonds is 6. The highest BCUT2D eigenvalue weighted by Crippen LogP contribution is 2.33. The number of para-hydroxylation sites is 1. The Hall–Kier alpha value is -4.84. The highest BCUT2D eigenvalue weighted by molar-refractivity contribution is 7.99. The molecular weight excluding hydrogens is 510 g/mol. The van der Waals surface area contributed by atoms with Crippen LogP contribution in [-0.4, -0.2) is 44.3 Å². The van der Waals surface area contributed by atoms with Gasteiger partial charge < -0.3 is 19.8 Å². The number of carbonyl (C=O) groups excluding carboxylic acids is 1. The van der Waals surface area contributed by atoms with Crippen molar-refractivity contribution >= 4 is 51.0 Å². The molecule has 2 N–H and O–H groups in total. The summed E-state index contributed by atoms with van der Waals surface area (Å²) in [5, 5.41) is 15.0. The molecule has 0 atom stereocenters. The molecule has 0 saturated heterocycles. The van der Waals surface area contributed by atoms with Crippen LogP contribution < -0.4 is 20.3 Å². The Morgan fingerprint density at radius 3 is 2.63 bits per heavy atom. The van der Waals surface area contributed by atoms with Crippen molar-refractivity contribution in [3.8, 4) is 17.2 Å². The van der Waals surface area contributed by atoms with Gasteiger partial charge in [0.1, 0.15) is 24.2 Å². The Bertz CT molecular complexity index is 1780. The van der Waals surface area contributed by atoms with E-state index in [2.05, 4.69) is 10.3 Å². The average Bonchev–Trinajstić information content (AvgIpc) is 3.31. The fourth-order valence-corrected chi connectivity index (χ4v) is 5.04. The molecule has 6 rings (SSSR count). The number of carbonyl (C=O) groups is 1. The first-order valence-corrected chi connectivity index (χ1v) is 12.6. The van der Waals surface area contributed by atoms with Crippen molar-refractivity contribution in [1.29, 1.82) is 0 Å². The van der Waals surface area contributed by atoms with E-state index in [-0.39, 0.29) is 28.1 Å². The molecular formula is C26H19N5O6S. The minimum atomic E-state index is -0.510. The average molecular weight is 530 g/mol. The van der Waals surface area contributed by atoms with Crippen LogP contribution in [0.5, 0.6) is 11.5 Å². The van der Waals surface area contributed by atoms with Gasteiger partial charge in [0, 0.05) is 34.8 Å². The maximum atomic E-state index is 13.6. The number of amides is 1. The molecule has 1 amide bonds. The number of thioether (sulfide) groups is 1. The van der Waals surface area contributed by atoms with Crippen molar-refractivity contribution in [1.82, 2.24) is 14.5 Å². The molecule has 2 aromatic heterocycles. The van der Waals surface area contributed by atoms with E-state index < -0.39 is 4.92 Å². The van der Waals surface area contributed by atoms with Gasteiger partial charge >= 0.3 is 0 Å². The predicted molar refractivity (Wildman–Crippen MR) is 143 cm³/mol. The van der Waals surface area contributed by atoms with Crippen LogP contribution in [0.4, 0.5) is 11.4 Å². The Morgan fingerprint density at radius 2 is 1.84 bits per heavy atom. The zero-order chi connectivity index (χ0) is 26.2. The number of fused-ring (bicyclic) bond motifs is 4. The zero-order valence-corrected chi connectivity index (χ0v) is 20.5. The number of ether oxygens (including phenoxy) is 2. The van der Waals surface area contributed by atoms with Crippen LogP contribution >= 0.6 is 11.8 Å². The van der Waals surface area contributed by atoms with Crippen molar-refractivity contribution < 1.29 is 19.2 Å². The number of aromatic amines is 1. The number of nitro benzene ring substituents is 1. The van der Waals surface area contributed by atoms with Crippen LogP contribution in [0, 0.1) is 10.1 Å². The van der Waals surface area contributed by atoms with Gasteiger partial charge in [0.2, 0.25) is 5.91 Å². The van der Waals surface area contributed by atoms with Crippen molar-refractivity contribution in [2.24, 2.45) is 0 Å². The summed E-state index contributed by atoms with van der Waals surface area (Å²) in [5.74, 6) is 0.823. The van der Waals surface area contributed by atoms with E-state index >= 15 is 0 Å². The molecule has 3 aromatic carbocycles. The number of nitrogens with zero attached hydrogens (tertiary/aromatic N) is 3. The Kier molecular flexibility index (Phi) is 5.92. The smallest absolute Gasteiger partial charge is 0.283 e. The van der Waals surface area contributed by atoms with E-state index in [1.165, 1.54) is 28.8 Å². The highest BCUT2D eigenvalue weighted by atomic mass is 32.2. The second kappa shape index (κ2) is 9.56. The van der Waals surface area contributed by atoms with Gasteiger partial charge in [-0.1, -0.05) is 30.0 Å². The molecule has 1 aliphatic heterocycles. The number of aromatic nitrogens is 3. The standard InChI is InChI=1S/C26H19N5O6S/c32-22(27-15-5-10-20-21(13-15)37-12-11-36-20)14-38-26-29-23-18-3-1-2-4-19(18)28-24(23)25(33)30(26)16-6-8-17(9-7-16)31(34)35/h1-10,13,28H,11-12,14H2,(H,27,32). The first-order valence-electron chi connectivity index (χ1n) is 11.6. The lowest BCUT2D eigenvalue weighted by Crippen LogP contribution is -2.23. The summed E-state index contributed by atoms with van der Waals surface area (Å²) in [6, 6.07) is 18.2. The SMILES string of the molecule is O=C(CSc1nc2c([nH]c3ccccc32)c(=O)n1-c1ccc([N+](=O)[O-])cc1)Nc1ccc2c(c1)OCCO2. The van der Waals surface area contributed by atoms with Crippen LogP contribution in [0.15, 0.2) is 76.7 Å². The third-order valence-corrected chi connectivity index (χ3v) is 6.91. The minimum Gasteiger partial charge on any atom is -0.486 e. The predicted octanol–water partition coefficient (Wildman–Crippen LogP) is 4.28. The van der Waals surface area contributed by atoms with Crippen LogP contribution in [0.3, 0.4) is 0 Å². The monoisotopic (exact) mass is 529 g/mol. The quantitative estimate of drug-likeness (QED) is 0.144. The van der Waals surface area contributed by atoms with E-state index in [1.54, 1.807) is 18.2 Å². The summed E-state index contributed by atoms with van der Waals surface area (Å²) in [7, 11) is 0. The summed E-state index contributed by atoms with van der Waals surface area (Å²) < 4.78 is 12.4. The number of hydrogen-bond acceptors (Lipinski definition) is 8. The molecule has 0 aliphatic carbocycles. The molecule has 0 radical (unpaired) electrons. The van der Waals surface area contributed by atoms with E-state index in [9.17, 15) is 19.7 Å². The number of non-ortho nitro benzene ring substituents is 1. The summed E-state index contributed by atoms with van der Waals surface area (Å²) in [5.41, 5.74) is 1.99. The Labute approximate surface area is 218 Å². The molecule has 190 valence electrons. The molecule has 0 saturated carbocycles. The maximum Gasteiger partial charge on any atom is 0.283 e. The van der Waals surface area contributed by atoms with Gasteiger partial charge in [-0.05, 0) is 30.3 Å². The molecule has 38 heavy (non-hydrogen) atoms. The van der Waals surface area contributed by atoms with Crippen LogP contribution in [-0.2, 0) is 4.79 Å². The van der Waals surface area contributed by atoms with Gasteiger partial charge in [-0.2, -0.15) is 0 Å². The van der Waals surface area contributed by atoms with Gasteiger partial charge in [0.25, 0.3) is 11.2 Å². The largest absolute Gasteiger partial charge is 0.486 e. The second-order valence-corrected chi connectivity index (χ2v) is 9.34. The molecule has 12 heteroatoms. The summed E-state index contributed by atoms with van der Waals surface area (Å²) in [6.45, 7) is 0.905. The second-order valence-electron chi connectivity index (χ2n) is 8.40. The molecule has 0 bridgehead atoms. The lowest BCUT2D eigenvalue weighted by Gasteiger charge is -2.19. The van der Waals surface area contributed by atoms with E-state index in [0.717, 1.165) is 22.7 Å². The minimum absolute atomic E-state index is 0.0400. The van der Waals surface area contributed by atoms with Crippen molar-refractivity contribution in [2.75, 3.05) is 24.3 Å². The Balaban J connectivity index is 1.34. The van der Waals surface area contributed by atoms with Crippen LogP contribution in [0.25, 0.3) is 27.6 Å². The fraction of sp³-hybridized carbons (Fsp3) is 0.115. The van der Waals surface area contributed by atoms with Crippen LogP contribution in [0.2, 0.25) is 0 Å². The molecule has 0 fully saturated rings. The topological polar surface area (TPSA) is 141 Å². The van der Waals surface area contributed by atoms with Crippen molar-refractivity contribution in [3.63, 3.8) is 0 Å². The van der Waals surface area contributed by atoms with Crippen molar-refractivity contribution in [2.45, 2.75) is 5.16 Å². The molecule has 0 unspecified atom stereocenters. The Morgan fingerprint density at radius 1 is 1.08 bits per heavy atom. The summed E-state index contributed by atoms with van der Waals surface area (Å²) >= 11 is 1.09. The maximum absolute atomic E-state index is 13.6. The van der Waals surface area contributed by atoms with E-state index in [4.69, 9.17) is 14.5 Å². The molecule has 0 spiro atoms. The summed E-state index contributed by atoms with van der Waals surface area (Å²) in [4.78, 5) is 44.9. The highest BCUT2D eigenvalue weighted by Gasteiger charge is 2.19. The van der Waals surface area contributed by atoms with Crippen LogP contribution in [0.1, 0.15) is 0 Å². The third-order valence-electron chi connectivity index (χ3n) is 5.97. The number of benzene rings is 3. The number of H-pyrrole nitrogens is 1. The molecule has 11 nitrogen and oxygen atoms in total. The van der Waals surface area contributed by atoms with Gasteiger partial charge in [0.15, 0.2) is 16.7 Å². The molecule has 1 aliphatic rings. The molecule has 3 heterocycles. The van der Waals surface area contributed by atoms with E-state index in [0.29, 0.717) is 47.1 Å². The lowest BCUT2D eigenvalue weighted by molar-refractivity contribution is -0.384. The number of anilines is 1. The first kappa shape index (κ1) is 23.6. The normalized spacial score (nSPS) is 12.5. The number of nitro groups is 1. The zero-order valence-electron chi connectivity index (χ0n) is 19.7. The van der Waals surface area contributed by atoms with Crippen molar-refractivity contribution in [3.05, 3.63) is 87.2 Å². The number of hydrogen-bond donors (Lipinski definition) is 2. The number of nitrogens with one attached hydrogen (secondary N) is 2. The van der Waals surface area contributed by atoms with Gasteiger partial charge in [-0.25, -0.2) is 4.98 Å². The van der Waals surface area contributed by atoms with E-state index in [1.807, 2.05) is 24.3 Å². The third kappa shape index (κ3) is 4.30. The molecule has 5 aromatic rings. The lowest BCUT2D eigenvalue weighted by atomic mass is 10.2. The van der Waals surface area contributed by atoms with Gasteiger partial charge in [-0.3, -0.25) is 24.3 Å².